The summed E-state index contributed by atoms with van der Waals surface area (Å²) in [5.74, 6) is 0. The molecule has 0 bridgehead atoms. The van der Waals surface area contributed by atoms with Crippen molar-refractivity contribution >= 4 is 9.84 Å². The maximum atomic E-state index is 12.4. The van der Waals surface area contributed by atoms with Gasteiger partial charge < -0.3 is 4.90 Å². The Hall–Kier alpha value is -0.910. The molecule has 2 heterocycles. The summed E-state index contributed by atoms with van der Waals surface area (Å²) in [5.41, 5.74) is 1.67. The van der Waals surface area contributed by atoms with Crippen molar-refractivity contribution in [3.63, 3.8) is 0 Å². The van der Waals surface area contributed by atoms with Gasteiger partial charge in [0.05, 0.1) is 10.1 Å². The number of rotatable bonds is 5. The number of sulfone groups is 1. The molecule has 0 saturated carbocycles. The van der Waals surface area contributed by atoms with Crippen LogP contribution in [-0.2, 0) is 16.4 Å². The molecule has 146 valence electrons. The van der Waals surface area contributed by atoms with Gasteiger partial charge in [0, 0.05) is 6.54 Å². The summed E-state index contributed by atoms with van der Waals surface area (Å²) in [5, 5.41) is -0.374. The lowest BCUT2D eigenvalue weighted by molar-refractivity contribution is 0.0340. The third kappa shape index (κ3) is 4.32. The fourth-order valence-corrected chi connectivity index (χ4v) is 5.51. The van der Waals surface area contributed by atoms with Crippen molar-refractivity contribution < 1.29 is 8.42 Å². The molecule has 4 nitrogen and oxygen atoms in total. The standard InChI is InChI=1S/C21H34N2O2S/c1-4-22-12-8-21(9-13-22)10-14-23(15-11-21)17-19-6-5-7-20(16-19)26(24,25)18(2)3/h5-7,16,18H,4,8-15,17H2,1-3H3. The summed E-state index contributed by atoms with van der Waals surface area (Å²) in [6.45, 7) is 12.6. The molecule has 1 spiro atoms. The SMILES string of the molecule is CCN1CCC2(CC1)CCN(Cc1cccc(S(=O)(=O)C(C)C)c1)CC2. The number of benzene rings is 1. The van der Waals surface area contributed by atoms with E-state index in [0.717, 1.165) is 25.2 Å². The van der Waals surface area contributed by atoms with Gasteiger partial charge in [-0.2, -0.15) is 0 Å². The molecule has 2 aliphatic heterocycles. The number of nitrogens with zero attached hydrogens (tertiary/aromatic N) is 2. The summed E-state index contributed by atoms with van der Waals surface area (Å²) in [7, 11) is -3.19. The quantitative estimate of drug-likeness (QED) is 0.785. The van der Waals surface area contributed by atoms with Crippen LogP contribution in [0.4, 0.5) is 0 Å². The zero-order valence-corrected chi connectivity index (χ0v) is 17.4. The van der Waals surface area contributed by atoms with Crippen LogP contribution in [-0.4, -0.2) is 56.2 Å². The molecule has 0 atom stereocenters. The minimum absolute atomic E-state index is 0.374. The zero-order chi connectivity index (χ0) is 18.8. The van der Waals surface area contributed by atoms with Crippen LogP contribution in [0.2, 0.25) is 0 Å². The van der Waals surface area contributed by atoms with Crippen molar-refractivity contribution in [2.24, 2.45) is 5.41 Å². The molecule has 1 aromatic rings. The van der Waals surface area contributed by atoms with Crippen LogP contribution in [0, 0.1) is 5.41 Å². The number of hydrogen-bond donors (Lipinski definition) is 0. The molecule has 2 fully saturated rings. The molecule has 0 radical (unpaired) electrons. The van der Waals surface area contributed by atoms with Crippen LogP contribution in [0.25, 0.3) is 0 Å². The zero-order valence-electron chi connectivity index (χ0n) is 16.6. The van der Waals surface area contributed by atoms with E-state index in [0.29, 0.717) is 10.3 Å². The fraction of sp³-hybridized carbons (Fsp3) is 0.714. The van der Waals surface area contributed by atoms with Crippen LogP contribution >= 0.6 is 0 Å². The van der Waals surface area contributed by atoms with Gasteiger partial charge in [0.2, 0.25) is 0 Å². The highest BCUT2D eigenvalue weighted by molar-refractivity contribution is 7.92. The molecule has 5 heteroatoms. The van der Waals surface area contributed by atoms with Crippen LogP contribution in [0.15, 0.2) is 29.2 Å². The Morgan fingerprint density at radius 3 is 2.12 bits per heavy atom. The smallest absolute Gasteiger partial charge is 0.180 e. The van der Waals surface area contributed by atoms with Gasteiger partial charge in [-0.25, -0.2) is 8.42 Å². The monoisotopic (exact) mass is 378 g/mol. The van der Waals surface area contributed by atoms with Crippen molar-refractivity contribution in [3.05, 3.63) is 29.8 Å². The first-order valence-electron chi connectivity index (χ1n) is 10.1. The van der Waals surface area contributed by atoms with Crippen LogP contribution in [0.3, 0.4) is 0 Å². The molecule has 3 rings (SSSR count). The lowest BCUT2D eigenvalue weighted by atomic mass is 9.71. The Bertz CT molecular complexity index is 696. The van der Waals surface area contributed by atoms with Crippen molar-refractivity contribution in [3.8, 4) is 0 Å². The number of hydrogen-bond acceptors (Lipinski definition) is 4. The average molecular weight is 379 g/mol. The largest absolute Gasteiger partial charge is 0.304 e. The van der Waals surface area contributed by atoms with Crippen molar-refractivity contribution in [2.45, 2.75) is 63.1 Å². The minimum atomic E-state index is -3.19. The third-order valence-electron chi connectivity index (χ3n) is 6.53. The predicted octanol–water partition coefficient (Wildman–Crippen LogP) is 3.57. The highest BCUT2D eigenvalue weighted by Gasteiger charge is 2.37. The van der Waals surface area contributed by atoms with Gasteiger partial charge in [-0.1, -0.05) is 19.1 Å². The van der Waals surface area contributed by atoms with Gasteiger partial charge in [0.1, 0.15) is 0 Å². The number of likely N-dealkylation sites (tertiary alicyclic amines) is 2. The van der Waals surface area contributed by atoms with E-state index < -0.39 is 9.84 Å². The second kappa shape index (κ2) is 7.99. The van der Waals surface area contributed by atoms with E-state index in [1.807, 2.05) is 12.1 Å². The molecular formula is C21H34N2O2S. The molecule has 0 amide bonds. The molecule has 2 aliphatic rings. The summed E-state index contributed by atoms with van der Waals surface area (Å²) in [4.78, 5) is 5.53. The Morgan fingerprint density at radius 2 is 1.58 bits per heavy atom. The Labute approximate surface area is 159 Å². The van der Waals surface area contributed by atoms with Gasteiger partial charge >= 0.3 is 0 Å². The van der Waals surface area contributed by atoms with Crippen molar-refractivity contribution in [2.75, 3.05) is 32.7 Å². The maximum Gasteiger partial charge on any atom is 0.180 e. The maximum absolute atomic E-state index is 12.4. The Morgan fingerprint density at radius 1 is 1.00 bits per heavy atom. The Kier molecular flexibility index (Phi) is 6.10. The molecular weight excluding hydrogens is 344 g/mol. The van der Waals surface area contributed by atoms with E-state index in [2.05, 4.69) is 22.8 Å². The first-order chi connectivity index (χ1) is 12.3. The minimum Gasteiger partial charge on any atom is -0.304 e. The second-order valence-electron chi connectivity index (χ2n) is 8.45. The highest BCUT2D eigenvalue weighted by atomic mass is 32.2. The number of piperidine rings is 2. The van der Waals surface area contributed by atoms with Crippen LogP contribution in [0.1, 0.15) is 52.0 Å². The van der Waals surface area contributed by atoms with E-state index >= 15 is 0 Å². The van der Waals surface area contributed by atoms with Gasteiger partial charge in [0.25, 0.3) is 0 Å². The normalized spacial score (nSPS) is 22.2. The first-order valence-corrected chi connectivity index (χ1v) is 11.7. The average Bonchev–Trinajstić information content (AvgIpc) is 2.65. The molecule has 0 aromatic heterocycles. The van der Waals surface area contributed by atoms with Gasteiger partial charge in [-0.15, -0.1) is 0 Å². The molecule has 26 heavy (non-hydrogen) atoms. The lowest BCUT2D eigenvalue weighted by Crippen LogP contribution is -2.46. The van der Waals surface area contributed by atoms with E-state index in [9.17, 15) is 8.42 Å². The second-order valence-corrected chi connectivity index (χ2v) is 11.0. The van der Waals surface area contributed by atoms with E-state index in [-0.39, 0.29) is 5.25 Å². The highest BCUT2D eigenvalue weighted by Crippen LogP contribution is 2.41. The first kappa shape index (κ1) is 19.8. The van der Waals surface area contributed by atoms with Crippen molar-refractivity contribution in [1.82, 2.24) is 9.80 Å². The summed E-state index contributed by atoms with van der Waals surface area (Å²) >= 11 is 0. The van der Waals surface area contributed by atoms with Crippen molar-refractivity contribution in [1.29, 1.82) is 0 Å². The third-order valence-corrected chi connectivity index (χ3v) is 8.69. The molecule has 0 aliphatic carbocycles. The molecule has 2 saturated heterocycles. The van der Waals surface area contributed by atoms with Gasteiger partial charge in [-0.3, -0.25) is 4.90 Å². The van der Waals surface area contributed by atoms with Gasteiger partial charge in [-0.05, 0) is 95.4 Å². The summed E-state index contributed by atoms with van der Waals surface area (Å²) in [6, 6.07) is 7.55. The van der Waals surface area contributed by atoms with Crippen LogP contribution < -0.4 is 0 Å². The fourth-order valence-electron chi connectivity index (χ4n) is 4.38. The predicted molar refractivity (Wildman–Crippen MR) is 107 cm³/mol. The van der Waals surface area contributed by atoms with E-state index in [1.165, 1.54) is 45.3 Å². The molecule has 0 unspecified atom stereocenters. The van der Waals surface area contributed by atoms with Crippen LogP contribution in [0.5, 0.6) is 0 Å². The molecule has 0 N–H and O–H groups in total. The molecule has 1 aromatic carbocycles. The topological polar surface area (TPSA) is 40.6 Å². The van der Waals surface area contributed by atoms with E-state index in [4.69, 9.17) is 0 Å². The lowest BCUT2D eigenvalue weighted by Gasteiger charge is -2.46. The summed E-state index contributed by atoms with van der Waals surface area (Å²) < 4.78 is 24.8. The summed E-state index contributed by atoms with van der Waals surface area (Å²) in [6.07, 6.45) is 5.26. The van der Waals surface area contributed by atoms with Gasteiger partial charge in [0.15, 0.2) is 9.84 Å². The van der Waals surface area contributed by atoms with E-state index in [1.54, 1.807) is 19.9 Å². The Balaban J connectivity index is 1.59.